The van der Waals surface area contributed by atoms with Crippen molar-refractivity contribution in [3.63, 3.8) is 0 Å². The van der Waals surface area contributed by atoms with E-state index in [4.69, 9.17) is 0 Å². The van der Waals surface area contributed by atoms with Crippen LogP contribution in [-0.4, -0.2) is 31.3 Å². The molecule has 2 aromatic carbocycles. The van der Waals surface area contributed by atoms with Gasteiger partial charge >= 0.3 is 5.69 Å². The fourth-order valence-electron chi connectivity index (χ4n) is 7.29. The maximum atomic E-state index is 13.8. The van der Waals surface area contributed by atoms with Crippen LogP contribution in [0.15, 0.2) is 64.2 Å². The van der Waals surface area contributed by atoms with Gasteiger partial charge in [0.2, 0.25) is 5.91 Å². The van der Waals surface area contributed by atoms with Crippen LogP contribution >= 0.6 is 0 Å². The average Bonchev–Trinajstić information content (AvgIpc) is 3.66. The van der Waals surface area contributed by atoms with Crippen molar-refractivity contribution in [1.29, 1.82) is 0 Å². The fraction of sp³-hybridized carbons (Fsp3) is 0.441. The minimum absolute atomic E-state index is 0.0487. The van der Waals surface area contributed by atoms with E-state index in [2.05, 4.69) is 34.1 Å². The number of aliphatic hydroxyl groups excluding tert-OH is 1. The number of aromatic nitrogens is 3. The Balaban J connectivity index is 1.32. The van der Waals surface area contributed by atoms with E-state index in [0.717, 1.165) is 84.8 Å². The van der Waals surface area contributed by atoms with Crippen LogP contribution in [0.2, 0.25) is 0 Å². The van der Waals surface area contributed by atoms with Crippen LogP contribution in [-0.2, 0) is 38.3 Å². The molecular formula is C34H40N4O4. The van der Waals surface area contributed by atoms with Crippen molar-refractivity contribution >= 4 is 16.9 Å². The van der Waals surface area contributed by atoms with Crippen molar-refractivity contribution in [1.82, 2.24) is 19.0 Å². The largest absolute Gasteiger partial charge is 0.394 e. The zero-order valence-corrected chi connectivity index (χ0v) is 24.5. The second kappa shape index (κ2) is 11.8. The van der Waals surface area contributed by atoms with E-state index in [9.17, 15) is 19.5 Å². The van der Waals surface area contributed by atoms with Crippen molar-refractivity contribution in [2.45, 2.75) is 69.9 Å². The number of amides is 1. The van der Waals surface area contributed by atoms with Gasteiger partial charge in [-0.3, -0.25) is 18.7 Å². The van der Waals surface area contributed by atoms with Gasteiger partial charge in [-0.05, 0) is 66.7 Å². The highest BCUT2D eigenvalue weighted by Gasteiger charge is 2.33. The number of aliphatic hydroxyl groups is 1. The van der Waals surface area contributed by atoms with E-state index >= 15 is 0 Å². The predicted octanol–water partition coefficient (Wildman–Crippen LogP) is 4.09. The number of rotatable bonds is 8. The van der Waals surface area contributed by atoms with E-state index in [1.54, 1.807) is 18.7 Å². The van der Waals surface area contributed by atoms with Crippen molar-refractivity contribution in [3.05, 3.63) is 103 Å². The van der Waals surface area contributed by atoms with Gasteiger partial charge < -0.3 is 15.0 Å². The lowest BCUT2D eigenvalue weighted by Crippen LogP contribution is -2.37. The van der Waals surface area contributed by atoms with Gasteiger partial charge in [0, 0.05) is 26.3 Å². The number of nitrogens with zero attached hydrogens (tertiary/aromatic N) is 3. The van der Waals surface area contributed by atoms with Crippen molar-refractivity contribution in [3.8, 4) is 0 Å². The molecule has 8 nitrogen and oxygen atoms in total. The number of aryl methyl sites for hydroxylation is 2. The van der Waals surface area contributed by atoms with Crippen LogP contribution in [0.3, 0.4) is 0 Å². The first-order chi connectivity index (χ1) is 20.4. The molecule has 2 aliphatic carbocycles. The van der Waals surface area contributed by atoms with Crippen LogP contribution in [0.1, 0.15) is 78.4 Å². The van der Waals surface area contributed by atoms with Crippen LogP contribution in [0, 0.1) is 5.92 Å². The molecule has 2 aromatic heterocycles. The molecule has 2 atom stereocenters. The molecule has 220 valence electrons. The Kier molecular flexibility index (Phi) is 7.90. The molecule has 2 heterocycles. The second-order valence-corrected chi connectivity index (χ2v) is 12.0. The zero-order chi connectivity index (χ0) is 29.4. The Morgan fingerprint density at radius 1 is 0.881 bits per heavy atom. The Morgan fingerprint density at radius 3 is 2.26 bits per heavy atom. The van der Waals surface area contributed by atoms with Gasteiger partial charge in [0.15, 0.2) is 0 Å². The molecule has 1 amide bonds. The minimum Gasteiger partial charge on any atom is -0.394 e. The molecule has 2 unspecified atom stereocenters. The third-order valence-electron chi connectivity index (χ3n) is 9.50. The predicted molar refractivity (Wildman–Crippen MR) is 164 cm³/mol. The zero-order valence-electron chi connectivity index (χ0n) is 24.5. The molecule has 2 aliphatic rings. The SMILES string of the molecule is Cn1c(=O)c2c(c3c(n2Cc2ccc(C(C(=O)NC(CO)c4ccccc4)C4CCCC4)cc2)CCCC3)n(C)c1=O. The molecule has 1 fully saturated rings. The number of nitrogens with one attached hydrogen (secondary N) is 1. The molecular weight excluding hydrogens is 528 g/mol. The van der Waals surface area contributed by atoms with Gasteiger partial charge in [-0.15, -0.1) is 0 Å². The molecule has 1 saturated carbocycles. The number of fused-ring (bicyclic) bond motifs is 3. The van der Waals surface area contributed by atoms with Gasteiger partial charge in [0.1, 0.15) is 5.52 Å². The third kappa shape index (κ3) is 5.02. The summed E-state index contributed by atoms with van der Waals surface area (Å²) in [6, 6.07) is 17.4. The van der Waals surface area contributed by atoms with Gasteiger partial charge in [0.05, 0.1) is 24.1 Å². The number of hydrogen-bond acceptors (Lipinski definition) is 4. The smallest absolute Gasteiger partial charge is 0.331 e. The molecule has 0 saturated heterocycles. The standard InChI is InChI=1S/C34H40N4O4/c1-36-30-26-14-8-9-15-28(26)38(31(30)33(41)37(2)34(36)42)20-22-16-18-25(19-17-22)29(24-12-6-7-13-24)32(40)35-27(21-39)23-10-4-3-5-11-23/h3-5,10-11,16-19,24,27,29,39H,6-9,12-15,20-21H2,1-2H3,(H,35,40). The quantitative estimate of drug-likeness (QED) is 0.335. The Morgan fingerprint density at radius 2 is 1.57 bits per heavy atom. The maximum absolute atomic E-state index is 13.8. The van der Waals surface area contributed by atoms with E-state index in [0.29, 0.717) is 12.1 Å². The maximum Gasteiger partial charge on any atom is 0.331 e. The molecule has 42 heavy (non-hydrogen) atoms. The first kappa shape index (κ1) is 28.2. The summed E-state index contributed by atoms with van der Waals surface area (Å²) in [6.45, 7) is 0.368. The normalized spacial score (nSPS) is 16.8. The van der Waals surface area contributed by atoms with Crippen LogP contribution < -0.4 is 16.6 Å². The Bertz CT molecular complexity index is 1710. The van der Waals surface area contributed by atoms with Gasteiger partial charge in [-0.25, -0.2) is 4.79 Å². The molecule has 0 radical (unpaired) electrons. The van der Waals surface area contributed by atoms with Gasteiger partial charge in [0.25, 0.3) is 5.56 Å². The summed E-state index contributed by atoms with van der Waals surface area (Å²) in [5.41, 5.74) is 5.99. The van der Waals surface area contributed by atoms with E-state index in [1.165, 1.54) is 4.57 Å². The number of carbonyl (C=O) groups is 1. The minimum atomic E-state index is -0.450. The first-order valence-electron chi connectivity index (χ1n) is 15.2. The lowest BCUT2D eigenvalue weighted by atomic mass is 9.83. The number of benzene rings is 2. The highest BCUT2D eigenvalue weighted by Crippen LogP contribution is 2.38. The van der Waals surface area contributed by atoms with Crippen molar-refractivity contribution < 1.29 is 9.90 Å². The van der Waals surface area contributed by atoms with E-state index < -0.39 is 6.04 Å². The lowest BCUT2D eigenvalue weighted by molar-refractivity contribution is -0.124. The number of hydrogen-bond donors (Lipinski definition) is 2. The van der Waals surface area contributed by atoms with Gasteiger partial charge in [-0.1, -0.05) is 67.4 Å². The van der Waals surface area contributed by atoms with E-state index in [-0.39, 0.29) is 35.6 Å². The Hall–Kier alpha value is -3.91. The summed E-state index contributed by atoms with van der Waals surface area (Å²) < 4.78 is 4.95. The monoisotopic (exact) mass is 568 g/mol. The molecule has 4 aromatic rings. The molecule has 0 bridgehead atoms. The van der Waals surface area contributed by atoms with Crippen LogP contribution in [0.5, 0.6) is 0 Å². The molecule has 8 heteroatoms. The van der Waals surface area contributed by atoms with Crippen LogP contribution in [0.4, 0.5) is 0 Å². The molecule has 0 aliphatic heterocycles. The summed E-state index contributed by atoms with van der Waals surface area (Å²) in [5.74, 6) is -0.0792. The van der Waals surface area contributed by atoms with Crippen molar-refractivity contribution in [2.75, 3.05) is 6.61 Å². The first-order valence-corrected chi connectivity index (χ1v) is 15.2. The topological polar surface area (TPSA) is 98.3 Å². The van der Waals surface area contributed by atoms with E-state index in [1.807, 2.05) is 30.3 Å². The summed E-state index contributed by atoms with van der Waals surface area (Å²) in [6.07, 6.45) is 8.14. The fourth-order valence-corrected chi connectivity index (χ4v) is 7.29. The summed E-state index contributed by atoms with van der Waals surface area (Å²) in [4.78, 5) is 39.9. The average molecular weight is 569 g/mol. The highest BCUT2D eigenvalue weighted by atomic mass is 16.3. The number of carbonyl (C=O) groups excluding carboxylic acids is 1. The Labute approximate surface area is 245 Å². The molecule has 6 rings (SSSR count). The van der Waals surface area contributed by atoms with Crippen molar-refractivity contribution in [2.24, 2.45) is 20.0 Å². The summed E-state index contributed by atoms with van der Waals surface area (Å²) in [5, 5.41) is 13.2. The van der Waals surface area contributed by atoms with Crippen LogP contribution in [0.25, 0.3) is 11.0 Å². The lowest BCUT2D eigenvalue weighted by Gasteiger charge is -2.26. The summed E-state index contributed by atoms with van der Waals surface area (Å²) >= 11 is 0. The highest BCUT2D eigenvalue weighted by molar-refractivity contribution is 5.84. The molecule has 2 N–H and O–H groups in total. The molecule has 0 spiro atoms. The summed E-state index contributed by atoms with van der Waals surface area (Å²) in [7, 11) is 3.30. The van der Waals surface area contributed by atoms with Gasteiger partial charge in [-0.2, -0.15) is 0 Å². The third-order valence-corrected chi connectivity index (χ3v) is 9.50. The second-order valence-electron chi connectivity index (χ2n) is 12.0.